The number of hydrogen-bond donors (Lipinski definition) is 1. The van der Waals surface area contributed by atoms with Crippen LogP contribution in [0.3, 0.4) is 0 Å². The highest BCUT2D eigenvalue weighted by Gasteiger charge is 2.32. The standard InChI is InChI=1S/C28H28F3N5O3/c29-28(30,31)39-25-7-1-19(2-8-25)15-26(37)35-13-10-21(11-14-35)20-3-5-23(6-4-20)36(24-9-12-33-34-18-24)27(38)22-16-32-17-22/h1-9,12,18,21-22,32H,10-11,13-17H2. The zero-order valence-corrected chi connectivity index (χ0v) is 21.1. The lowest BCUT2D eigenvalue weighted by atomic mass is 9.89. The Bertz CT molecular complexity index is 1270. The van der Waals surface area contributed by atoms with E-state index in [1.165, 1.54) is 24.3 Å². The third-order valence-corrected chi connectivity index (χ3v) is 7.16. The number of nitrogens with zero attached hydrogens (tertiary/aromatic N) is 4. The summed E-state index contributed by atoms with van der Waals surface area (Å²) in [6, 6.07) is 15.1. The van der Waals surface area contributed by atoms with Gasteiger partial charge in [-0.1, -0.05) is 24.3 Å². The van der Waals surface area contributed by atoms with Gasteiger partial charge in [-0.25, -0.2) is 0 Å². The van der Waals surface area contributed by atoms with Crippen molar-refractivity contribution in [2.75, 3.05) is 31.1 Å². The first-order valence-electron chi connectivity index (χ1n) is 12.8. The lowest BCUT2D eigenvalue weighted by Gasteiger charge is -2.33. The molecule has 39 heavy (non-hydrogen) atoms. The van der Waals surface area contributed by atoms with Gasteiger partial charge in [0, 0.05) is 31.9 Å². The van der Waals surface area contributed by atoms with E-state index in [1.807, 2.05) is 24.3 Å². The minimum absolute atomic E-state index is 0.0174. The molecule has 204 valence electrons. The van der Waals surface area contributed by atoms with E-state index in [-0.39, 0.29) is 35.8 Å². The normalized spacial score (nSPS) is 16.4. The zero-order chi connectivity index (χ0) is 27.4. The number of aromatic nitrogens is 2. The summed E-state index contributed by atoms with van der Waals surface area (Å²) >= 11 is 0. The number of carbonyl (C=O) groups excluding carboxylic acids is 2. The van der Waals surface area contributed by atoms with Crippen molar-refractivity contribution in [2.45, 2.75) is 31.5 Å². The number of likely N-dealkylation sites (tertiary alicyclic amines) is 1. The number of amides is 2. The van der Waals surface area contributed by atoms with Gasteiger partial charge in [-0.2, -0.15) is 10.2 Å². The van der Waals surface area contributed by atoms with Gasteiger partial charge in [0.05, 0.1) is 30.4 Å². The maximum absolute atomic E-state index is 13.2. The first-order chi connectivity index (χ1) is 18.8. The topological polar surface area (TPSA) is 87.7 Å². The van der Waals surface area contributed by atoms with E-state index in [2.05, 4.69) is 20.3 Å². The molecule has 0 saturated carbocycles. The molecule has 2 aliphatic rings. The van der Waals surface area contributed by atoms with Crippen LogP contribution < -0.4 is 15.0 Å². The number of halogens is 3. The van der Waals surface area contributed by atoms with Crippen molar-refractivity contribution >= 4 is 23.2 Å². The maximum Gasteiger partial charge on any atom is 0.573 e. The summed E-state index contributed by atoms with van der Waals surface area (Å²) in [4.78, 5) is 29.4. The van der Waals surface area contributed by atoms with Crippen LogP contribution in [0, 0.1) is 5.92 Å². The van der Waals surface area contributed by atoms with Crippen molar-refractivity contribution in [1.29, 1.82) is 0 Å². The summed E-state index contributed by atoms with van der Waals surface area (Å²) in [5.74, 6) is -0.145. The molecule has 0 aliphatic carbocycles. The van der Waals surface area contributed by atoms with E-state index in [0.29, 0.717) is 37.4 Å². The number of ether oxygens (including phenoxy) is 1. The van der Waals surface area contributed by atoms with Gasteiger partial charge in [-0.3, -0.25) is 14.5 Å². The second-order valence-corrected chi connectivity index (χ2v) is 9.74. The van der Waals surface area contributed by atoms with Crippen molar-refractivity contribution in [3.8, 4) is 5.75 Å². The lowest BCUT2D eigenvalue weighted by Crippen LogP contribution is -2.51. The largest absolute Gasteiger partial charge is 0.573 e. The molecule has 3 aromatic rings. The first-order valence-corrected chi connectivity index (χ1v) is 12.8. The van der Waals surface area contributed by atoms with Crippen LogP contribution in [0.2, 0.25) is 0 Å². The molecule has 0 radical (unpaired) electrons. The number of alkyl halides is 3. The Morgan fingerprint density at radius 3 is 2.21 bits per heavy atom. The molecule has 2 aliphatic heterocycles. The quantitative estimate of drug-likeness (QED) is 0.484. The Morgan fingerprint density at radius 1 is 0.949 bits per heavy atom. The van der Waals surface area contributed by atoms with Crippen LogP contribution in [-0.2, 0) is 16.0 Å². The molecule has 11 heteroatoms. The Balaban J connectivity index is 1.18. The molecule has 2 saturated heterocycles. The Labute approximate surface area is 223 Å². The second-order valence-electron chi connectivity index (χ2n) is 9.74. The van der Waals surface area contributed by atoms with Gasteiger partial charge in [-0.15, -0.1) is 13.2 Å². The molecular formula is C28H28F3N5O3. The van der Waals surface area contributed by atoms with E-state index in [0.717, 1.165) is 24.1 Å². The molecule has 0 spiro atoms. The third-order valence-electron chi connectivity index (χ3n) is 7.16. The van der Waals surface area contributed by atoms with Gasteiger partial charge < -0.3 is 15.0 Å². The van der Waals surface area contributed by atoms with Crippen LogP contribution in [0.25, 0.3) is 0 Å². The highest BCUT2D eigenvalue weighted by molar-refractivity contribution is 6.02. The molecule has 5 rings (SSSR count). The van der Waals surface area contributed by atoms with E-state index < -0.39 is 6.36 Å². The van der Waals surface area contributed by atoms with Gasteiger partial charge in [0.25, 0.3) is 0 Å². The van der Waals surface area contributed by atoms with E-state index in [1.54, 1.807) is 28.3 Å². The van der Waals surface area contributed by atoms with Crippen LogP contribution in [0.4, 0.5) is 24.5 Å². The summed E-state index contributed by atoms with van der Waals surface area (Å²) in [5, 5.41) is 10.9. The minimum Gasteiger partial charge on any atom is -0.406 e. The second kappa shape index (κ2) is 11.4. The average molecular weight is 540 g/mol. The molecule has 0 bridgehead atoms. The summed E-state index contributed by atoms with van der Waals surface area (Å²) in [6.45, 7) is 2.51. The molecular weight excluding hydrogens is 511 g/mol. The molecule has 8 nitrogen and oxygen atoms in total. The highest BCUT2D eigenvalue weighted by atomic mass is 19.4. The van der Waals surface area contributed by atoms with E-state index in [9.17, 15) is 22.8 Å². The zero-order valence-electron chi connectivity index (χ0n) is 21.1. The number of hydrogen-bond acceptors (Lipinski definition) is 6. The van der Waals surface area contributed by atoms with Crippen molar-refractivity contribution in [2.24, 2.45) is 5.92 Å². The monoisotopic (exact) mass is 539 g/mol. The maximum atomic E-state index is 13.2. The van der Waals surface area contributed by atoms with Crippen LogP contribution in [0.1, 0.15) is 29.9 Å². The predicted molar refractivity (Wildman–Crippen MR) is 137 cm³/mol. The Morgan fingerprint density at radius 2 is 1.64 bits per heavy atom. The van der Waals surface area contributed by atoms with Crippen LogP contribution in [0.5, 0.6) is 5.75 Å². The molecule has 1 aromatic heterocycles. The number of nitrogens with one attached hydrogen (secondary N) is 1. The molecule has 0 unspecified atom stereocenters. The molecule has 2 aromatic carbocycles. The molecule has 2 amide bonds. The smallest absolute Gasteiger partial charge is 0.406 e. The van der Waals surface area contributed by atoms with Crippen molar-refractivity contribution in [3.05, 3.63) is 78.1 Å². The molecule has 0 atom stereocenters. The summed E-state index contributed by atoms with van der Waals surface area (Å²) in [7, 11) is 0. The number of carbonyl (C=O) groups is 2. The molecule has 1 N–H and O–H groups in total. The summed E-state index contributed by atoms with van der Waals surface area (Å²) in [5.41, 5.74) is 3.22. The van der Waals surface area contributed by atoms with Crippen molar-refractivity contribution in [3.63, 3.8) is 0 Å². The highest BCUT2D eigenvalue weighted by Crippen LogP contribution is 2.33. The minimum atomic E-state index is -4.75. The SMILES string of the molecule is O=C(Cc1ccc(OC(F)(F)F)cc1)N1CCC(c2ccc(N(C(=O)C3CNC3)c3ccnnc3)cc2)CC1. The number of rotatable bonds is 7. The van der Waals surface area contributed by atoms with Crippen LogP contribution in [0.15, 0.2) is 67.0 Å². The fourth-order valence-corrected chi connectivity index (χ4v) is 4.92. The molecule has 2 fully saturated rings. The Hall–Kier alpha value is -3.99. The lowest BCUT2D eigenvalue weighted by molar-refractivity contribution is -0.274. The summed E-state index contributed by atoms with van der Waals surface area (Å²) < 4.78 is 40.9. The van der Waals surface area contributed by atoms with Gasteiger partial charge in [0.15, 0.2) is 0 Å². The van der Waals surface area contributed by atoms with Crippen LogP contribution >= 0.6 is 0 Å². The van der Waals surface area contributed by atoms with Crippen molar-refractivity contribution < 1.29 is 27.5 Å². The first kappa shape index (κ1) is 26.6. The number of benzene rings is 2. The Kier molecular flexibility index (Phi) is 7.78. The fraction of sp³-hybridized carbons (Fsp3) is 0.357. The van der Waals surface area contributed by atoms with E-state index in [4.69, 9.17) is 0 Å². The summed E-state index contributed by atoms with van der Waals surface area (Å²) in [6.07, 6.45) is 0.118. The van der Waals surface area contributed by atoms with Gasteiger partial charge in [-0.05, 0) is 60.2 Å². The number of anilines is 2. The average Bonchev–Trinajstić information content (AvgIpc) is 2.89. The third kappa shape index (κ3) is 6.54. The predicted octanol–water partition coefficient (Wildman–Crippen LogP) is 4.21. The van der Waals surface area contributed by atoms with Gasteiger partial charge in [0.1, 0.15) is 5.75 Å². The van der Waals surface area contributed by atoms with E-state index >= 15 is 0 Å². The van der Waals surface area contributed by atoms with Crippen LogP contribution in [-0.4, -0.2) is 59.5 Å². The molecule has 3 heterocycles. The fourth-order valence-electron chi connectivity index (χ4n) is 4.92. The van der Waals surface area contributed by atoms with Gasteiger partial charge in [0.2, 0.25) is 11.8 Å². The number of piperidine rings is 1. The van der Waals surface area contributed by atoms with Crippen molar-refractivity contribution in [1.82, 2.24) is 20.4 Å². The van der Waals surface area contributed by atoms with Gasteiger partial charge >= 0.3 is 6.36 Å².